The van der Waals surface area contributed by atoms with Gasteiger partial charge in [-0.15, -0.1) is 0 Å². The van der Waals surface area contributed by atoms with Crippen LogP contribution in [-0.4, -0.2) is 63.3 Å². The molecule has 4 heterocycles. The number of pyridine rings is 1. The van der Waals surface area contributed by atoms with Crippen molar-refractivity contribution < 1.29 is 23.0 Å². The summed E-state index contributed by atoms with van der Waals surface area (Å²) in [6, 6.07) is 6.27. The summed E-state index contributed by atoms with van der Waals surface area (Å²) in [4.78, 5) is 25.3. The van der Waals surface area contributed by atoms with Gasteiger partial charge in [0, 0.05) is 36.6 Å². The third kappa shape index (κ3) is 4.37. The summed E-state index contributed by atoms with van der Waals surface area (Å²) >= 11 is 0. The number of carbonyl (C=O) groups is 1. The van der Waals surface area contributed by atoms with Crippen molar-refractivity contribution in [1.29, 1.82) is 0 Å². The topological polar surface area (TPSA) is 84.7 Å². The molecule has 5 rings (SSSR count). The zero-order chi connectivity index (χ0) is 24.7. The number of H-pyrrole nitrogens is 1. The van der Waals surface area contributed by atoms with Crippen LogP contribution in [0.15, 0.2) is 36.7 Å². The lowest BCUT2D eigenvalue weighted by Crippen LogP contribution is -2.46. The number of nitrogens with zero attached hydrogens (tertiary/aromatic N) is 4. The number of nitrogens with one attached hydrogen (secondary N) is 1. The Labute approximate surface area is 200 Å². The molecule has 3 aromatic heterocycles. The Morgan fingerprint density at radius 2 is 2.03 bits per heavy atom. The molecule has 4 aromatic rings. The minimum absolute atomic E-state index is 0.201. The summed E-state index contributed by atoms with van der Waals surface area (Å²) in [5.41, 5.74) is 3.21. The Morgan fingerprint density at radius 3 is 2.71 bits per heavy atom. The predicted molar refractivity (Wildman–Crippen MR) is 125 cm³/mol. The van der Waals surface area contributed by atoms with Gasteiger partial charge in [-0.1, -0.05) is 0 Å². The van der Waals surface area contributed by atoms with Crippen molar-refractivity contribution in [3.63, 3.8) is 0 Å². The lowest BCUT2D eigenvalue weighted by Gasteiger charge is -2.32. The second-order valence-electron chi connectivity index (χ2n) is 8.68. The molecule has 1 N–H and O–H groups in total. The molecule has 1 unspecified atom stereocenters. The van der Waals surface area contributed by atoms with E-state index in [4.69, 9.17) is 9.47 Å². The number of aromatic amines is 1. The van der Waals surface area contributed by atoms with Crippen LogP contribution in [0.3, 0.4) is 0 Å². The number of fused-ring (bicyclic) bond motifs is 1. The molecule has 1 atom stereocenters. The second-order valence-corrected chi connectivity index (χ2v) is 8.68. The molecule has 1 aromatic carbocycles. The second kappa shape index (κ2) is 9.10. The van der Waals surface area contributed by atoms with E-state index in [2.05, 4.69) is 15.0 Å². The van der Waals surface area contributed by atoms with Crippen LogP contribution in [0, 0.1) is 25.5 Å². The largest absolute Gasteiger partial charge is 0.453 e. The van der Waals surface area contributed by atoms with E-state index in [1.807, 2.05) is 36.6 Å². The first-order chi connectivity index (χ1) is 16.8. The number of hydrogen-bond acceptors (Lipinski definition) is 5. The number of methoxy groups -OCH3 is 1. The number of ether oxygens (including phenoxy) is 2. The molecule has 0 spiro atoms. The van der Waals surface area contributed by atoms with Gasteiger partial charge in [-0.2, -0.15) is 0 Å². The van der Waals surface area contributed by atoms with Crippen LogP contribution in [0.1, 0.15) is 17.0 Å². The number of carbonyl (C=O) groups excluding carboxylic acids is 1. The molecule has 0 saturated carbocycles. The smallest absolute Gasteiger partial charge is 0.409 e. The number of benzene rings is 1. The normalized spacial score (nSPS) is 16.1. The highest BCUT2D eigenvalue weighted by molar-refractivity contribution is 5.72. The molecule has 0 radical (unpaired) electrons. The maximum absolute atomic E-state index is 15.4. The number of aromatic nitrogens is 4. The van der Waals surface area contributed by atoms with Crippen molar-refractivity contribution in [2.24, 2.45) is 0 Å². The number of morpholine rings is 1. The van der Waals surface area contributed by atoms with E-state index < -0.39 is 17.7 Å². The number of halogens is 2. The van der Waals surface area contributed by atoms with Gasteiger partial charge in [0.25, 0.3) is 0 Å². The fourth-order valence-corrected chi connectivity index (χ4v) is 4.44. The van der Waals surface area contributed by atoms with Gasteiger partial charge in [0.1, 0.15) is 23.1 Å². The van der Waals surface area contributed by atoms with E-state index in [1.165, 1.54) is 19.2 Å². The number of imidazole rings is 2. The van der Waals surface area contributed by atoms with Crippen molar-refractivity contribution in [2.45, 2.75) is 26.4 Å². The lowest BCUT2D eigenvalue weighted by atomic mass is 10.0. The first kappa shape index (κ1) is 23.0. The Morgan fingerprint density at radius 1 is 1.26 bits per heavy atom. The molecule has 35 heavy (non-hydrogen) atoms. The number of rotatable bonds is 4. The van der Waals surface area contributed by atoms with Crippen molar-refractivity contribution in [2.75, 3.05) is 26.8 Å². The summed E-state index contributed by atoms with van der Waals surface area (Å²) in [6.45, 7) is 4.79. The molecule has 0 aliphatic carbocycles. The van der Waals surface area contributed by atoms with Crippen LogP contribution < -0.4 is 0 Å². The highest BCUT2D eigenvalue weighted by atomic mass is 19.1. The molecule has 1 fully saturated rings. The van der Waals surface area contributed by atoms with Gasteiger partial charge in [0.15, 0.2) is 0 Å². The van der Waals surface area contributed by atoms with Gasteiger partial charge < -0.3 is 23.8 Å². The van der Waals surface area contributed by atoms with Gasteiger partial charge >= 0.3 is 6.09 Å². The highest BCUT2D eigenvalue weighted by Crippen LogP contribution is 2.33. The average Bonchev–Trinajstić information content (AvgIpc) is 3.41. The molecule has 1 aliphatic rings. The average molecular weight is 482 g/mol. The molecule has 1 amide bonds. The SMILES string of the molecule is COC(=O)N1CCOC(Cc2c(-c3c(F)cc(-c4ncc(C)[nH]4)cc3F)nc3cc(C)ccn23)C1. The summed E-state index contributed by atoms with van der Waals surface area (Å²) in [5, 5.41) is 0. The molecule has 0 bridgehead atoms. The predicted octanol–water partition coefficient (Wildman–Crippen LogP) is 4.30. The highest BCUT2D eigenvalue weighted by Gasteiger charge is 2.29. The fourth-order valence-electron chi connectivity index (χ4n) is 4.44. The van der Waals surface area contributed by atoms with E-state index in [0.29, 0.717) is 48.8 Å². The monoisotopic (exact) mass is 481 g/mol. The van der Waals surface area contributed by atoms with Crippen molar-refractivity contribution in [3.05, 3.63) is 65.2 Å². The standard InChI is InChI=1S/C25H25F2N5O3/c1-14-4-5-32-20(11-17-13-31(6-7-35-17)25(33)34-3)23(30-21(32)8-14)22-18(26)9-16(10-19(22)27)24-28-12-15(2)29-24/h4-5,8-10,12,17H,6-7,11,13H2,1-3H3,(H,28,29). The molecular formula is C25H25F2N5O3. The molecule has 1 saturated heterocycles. The summed E-state index contributed by atoms with van der Waals surface area (Å²) in [5.74, 6) is -1.09. The van der Waals surface area contributed by atoms with Crippen LogP contribution in [0.2, 0.25) is 0 Å². The summed E-state index contributed by atoms with van der Waals surface area (Å²) < 4.78 is 43.4. The van der Waals surface area contributed by atoms with Crippen LogP contribution in [0.25, 0.3) is 28.3 Å². The van der Waals surface area contributed by atoms with Gasteiger partial charge in [-0.25, -0.2) is 23.5 Å². The molecule has 182 valence electrons. The summed E-state index contributed by atoms with van der Waals surface area (Å²) in [6.07, 6.45) is 2.90. The lowest BCUT2D eigenvalue weighted by molar-refractivity contribution is -0.0241. The Hall–Kier alpha value is -3.79. The van der Waals surface area contributed by atoms with E-state index in [1.54, 1.807) is 11.1 Å². The van der Waals surface area contributed by atoms with E-state index in [-0.39, 0.29) is 17.4 Å². The van der Waals surface area contributed by atoms with Gasteiger partial charge in [-0.05, 0) is 43.7 Å². The van der Waals surface area contributed by atoms with Crippen molar-refractivity contribution in [3.8, 4) is 22.6 Å². The molecule has 10 heteroatoms. The maximum Gasteiger partial charge on any atom is 0.409 e. The first-order valence-corrected chi connectivity index (χ1v) is 11.3. The van der Waals surface area contributed by atoms with Gasteiger partial charge in [0.2, 0.25) is 0 Å². The van der Waals surface area contributed by atoms with E-state index in [0.717, 1.165) is 11.3 Å². The maximum atomic E-state index is 15.4. The Balaban J connectivity index is 1.58. The quantitative estimate of drug-likeness (QED) is 0.470. The molecular weight excluding hydrogens is 456 g/mol. The number of aryl methyl sites for hydroxylation is 2. The Kier molecular flexibility index (Phi) is 5.98. The Bertz CT molecular complexity index is 1390. The third-order valence-electron chi connectivity index (χ3n) is 6.13. The van der Waals surface area contributed by atoms with Crippen LogP contribution in [0.4, 0.5) is 13.6 Å². The van der Waals surface area contributed by atoms with Gasteiger partial charge in [-0.3, -0.25) is 0 Å². The number of amides is 1. The fraction of sp³-hybridized carbons (Fsp3) is 0.320. The molecule has 1 aliphatic heterocycles. The zero-order valence-electron chi connectivity index (χ0n) is 19.6. The van der Waals surface area contributed by atoms with Crippen molar-refractivity contribution in [1.82, 2.24) is 24.3 Å². The first-order valence-electron chi connectivity index (χ1n) is 11.3. The van der Waals surface area contributed by atoms with E-state index in [9.17, 15) is 4.79 Å². The number of hydrogen-bond donors (Lipinski definition) is 1. The van der Waals surface area contributed by atoms with Crippen LogP contribution in [0.5, 0.6) is 0 Å². The van der Waals surface area contributed by atoms with Gasteiger partial charge in [0.05, 0.1) is 43.3 Å². The van der Waals surface area contributed by atoms with Crippen LogP contribution in [-0.2, 0) is 15.9 Å². The van der Waals surface area contributed by atoms with Crippen molar-refractivity contribution >= 4 is 11.7 Å². The minimum atomic E-state index is -0.740. The third-order valence-corrected chi connectivity index (χ3v) is 6.13. The summed E-state index contributed by atoms with van der Waals surface area (Å²) in [7, 11) is 1.33. The zero-order valence-corrected chi connectivity index (χ0v) is 19.6. The molecule has 8 nitrogen and oxygen atoms in total. The van der Waals surface area contributed by atoms with Crippen LogP contribution >= 0.6 is 0 Å². The van der Waals surface area contributed by atoms with E-state index >= 15 is 8.78 Å². The minimum Gasteiger partial charge on any atom is -0.453 e.